The van der Waals surface area contributed by atoms with E-state index in [0.29, 0.717) is 18.5 Å². The smallest absolute Gasteiger partial charge is 0.322 e. The Morgan fingerprint density at radius 1 is 1.29 bits per heavy atom. The van der Waals surface area contributed by atoms with Gasteiger partial charge in [-0.05, 0) is 50.3 Å². The molecule has 0 radical (unpaired) electrons. The predicted molar refractivity (Wildman–Crippen MR) is 126 cm³/mol. The Labute approximate surface area is 197 Å². The van der Waals surface area contributed by atoms with Crippen molar-refractivity contribution in [2.45, 2.75) is 44.8 Å². The second-order valence-corrected chi connectivity index (χ2v) is 8.59. The molecule has 0 spiro atoms. The second-order valence-electron chi connectivity index (χ2n) is 8.59. The first-order valence-corrected chi connectivity index (χ1v) is 11.5. The molecule has 4 heterocycles. The number of hydrogen-bond donors (Lipinski definition) is 3. The van der Waals surface area contributed by atoms with Crippen LogP contribution in [0.4, 0.5) is 5.95 Å². The van der Waals surface area contributed by atoms with Crippen LogP contribution in [0.25, 0.3) is 11.0 Å². The molecule has 1 amide bonds. The fourth-order valence-electron chi connectivity index (χ4n) is 4.13. The van der Waals surface area contributed by atoms with E-state index in [1.54, 1.807) is 20.2 Å². The standard InChI is InChI=1S/C23H31N7O4/c1-14(12-31)26-21(32)20-27-22(29-23(28-20)34-15(2)13-33-3)30-9-6-16(7-10-30)18-11-25-19-17(18)5-4-8-24-19/h4-5,8,11,14-16,31H,6-7,9-10,12-13H2,1-3H3,(H,24,25)(H,26,32)/t14?,15-/m1/s1. The number of anilines is 1. The minimum atomic E-state index is -0.490. The molecule has 182 valence electrons. The first-order chi connectivity index (χ1) is 16.5. The van der Waals surface area contributed by atoms with Crippen molar-refractivity contribution in [2.75, 3.05) is 38.3 Å². The zero-order valence-electron chi connectivity index (χ0n) is 19.7. The SMILES string of the molecule is COC[C@@H](C)Oc1nc(C(=O)NC(C)CO)nc(N2CCC(c3c[nH]c4ncccc34)CC2)n1. The van der Waals surface area contributed by atoms with Gasteiger partial charge in [0.1, 0.15) is 11.8 Å². The van der Waals surface area contributed by atoms with Crippen molar-refractivity contribution in [3.8, 4) is 6.01 Å². The number of nitrogens with one attached hydrogen (secondary N) is 2. The summed E-state index contributed by atoms with van der Waals surface area (Å²) in [6, 6.07) is 3.69. The average molecular weight is 470 g/mol. The molecule has 1 fully saturated rings. The number of aromatic amines is 1. The van der Waals surface area contributed by atoms with E-state index >= 15 is 0 Å². The van der Waals surface area contributed by atoms with Crippen LogP contribution in [0.2, 0.25) is 0 Å². The quantitative estimate of drug-likeness (QED) is 0.427. The third-order valence-corrected chi connectivity index (χ3v) is 5.87. The highest BCUT2D eigenvalue weighted by Gasteiger charge is 2.26. The van der Waals surface area contributed by atoms with Gasteiger partial charge in [0.15, 0.2) is 0 Å². The maximum absolute atomic E-state index is 12.7. The number of carbonyl (C=O) groups excluding carboxylic acids is 1. The van der Waals surface area contributed by atoms with Gasteiger partial charge in [-0.2, -0.15) is 15.0 Å². The van der Waals surface area contributed by atoms with Gasteiger partial charge in [0.25, 0.3) is 5.91 Å². The Kier molecular flexibility index (Phi) is 7.53. The van der Waals surface area contributed by atoms with Crippen molar-refractivity contribution in [3.63, 3.8) is 0 Å². The van der Waals surface area contributed by atoms with E-state index in [1.165, 1.54) is 5.56 Å². The van der Waals surface area contributed by atoms with E-state index in [-0.39, 0.29) is 24.5 Å². The van der Waals surface area contributed by atoms with Gasteiger partial charge in [0, 0.05) is 44.0 Å². The van der Waals surface area contributed by atoms with Gasteiger partial charge in [-0.1, -0.05) is 0 Å². The van der Waals surface area contributed by atoms with Crippen LogP contribution in [0.15, 0.2) is 24.5 Å². The molecule has 2 atom stereocenters. The predicted octanol–water partition coefficient (Wildman–Crippen LogP) is 1.66. The van der Waals surface area contributed by atoms with Crippen LogP contribution in [-0.4, -0.2) is 81.5 Å². The number of rotatable bonds is 9. The normalized spacial score (nSPS) is 16.4. The van der Waals surface area contributed by atoms with Gasteiger partial charge in [-0.25, -0.2) is 4.98 Å². The Bertz CT molecular complexity index is 1110. The fourth-order valence-corrected chi connectivity index (χ4v) is 4.13. The largest absolute Gasteiger partial charge is 0.458 e. The number of aliphatic hydroxyl groups is 1. The van der Waals surface area contributed by atoms with Gasteiger partial charge in [-0.3, -0.25) is 4.79 Å². The number of aromatic nitrogens is 5. The molecule has 1 saturated heterocycles. The second kappa shape index (κ2) is 10.7. The van der Waals surface area contributed by atoms with Gasteiger partial charge in [0.2, 0.25) is 11.8 Å². The monoisotopic (exact) mass is 469 g/mol. The summed E-state index contributed by atoms with van der Waals surface area (Å²) in [6.45, 7) is 5.15. The molecule has 11 heteroatoms. The summed E-state index contributed by atoms with van der Waals surface area (Å²) < 4.78 is 10.9. The zero-order chi connectivity index (χ0) is 24.1. The third-order valence-electron chi connectivity index (χ3n) is 5.87. The van der Waals surface area contributed by atoms with E-state index in [4.69, 9.17) is 9.47 Å². The Morgan fingerprint density at radius 3 is 2.82 bits per heavy atom. The van der Waals surface area contributed by atoms with Crippen LogP contribution in [0.3, 0.4) is 0 Å². The van der Waals surface area contributed by atoms with Crippen molar-refractivity contribution >= 4 is 22.9 Å². The zero-order valence-corrected chi connectivity index (χ0v) is 19.7. The molecule has 0 saturated carbocycles. The molecule has 11 nitrogen and oxygen atoms in total. The first-order valence-electron chi connectivity index (χ1n) is 11.5. The Morgan fingerprint density at radius 2 is 2.09 bits per heavy atom. The molecule has 3 aromatic heterocycles. The van der Waals surface area contributed by atoms with E-state index in [2.05, 4.69) is 42.5 Å². The van der Waals surface area contributed by atoms with Crippen LogP contribution >= 0.6 is 0 Å². The Hall–Kier alpha value is -3.31. The molecular weight excluding hydrogens is 438 g/mol. The maximum Gasteiger partial charge on any atom is 0.322 e. The van der Waals surface area contributed by atoms with Gasteiger partial charge >= 0.3 is 6.01 Å². The number of pyridine rings is 1. The first kappa shape index (κ1) is 23.8. The highest BCUT2D eigenvalue weighted by molar-refractivity contribution is 5.91. The highest BCUT2D eigenvalue weighted by Crippen LogP contribution is 2.33. The molecule has 1 aliphatic heterocycles. The summed E-state index contributed by atoms with van der Waals surface area (Å²) in [5.41, 5.74) is 2.17. The Balaban J connectivity index is 1.52. The topological polar surface area (TPSA) is 138 Å². The van der Waals surface area contributed by atoms with Crippen molar-refractivity contribution < 1.29 is 19.4 Å². The lowest BCUT2D eigenvalue weighted by atomic mass is 9.89. The van der Waals surface area contributed by atoms with Gasteiger partial charge in [0.05, 0.1) is 13.2 Å². The number of amides is 1. The van der Waals surface area contributed by atoms with E-state index in [0.717, 1.165) is 37.0 Å². The van der Waals surface area contributed by atoms with Crippen LogP contribution < -0.4 is 15.0 Å². The molecule has 0 aromatic carbocycles. The van der Waals surface area contributed by atoms with Gasteiger partial charge in [-0.15, -0.1) is 0 Å². The van der Waals surface area contributed by atoms with Crippen LogP contribution in [0.5, 0.6) is 6.01 Å². The lowest BCUT2D eigenvalue weighted by Crippen LogP contribution is -2.38. The number of aliphatic hydroxyl groups excluding tert-OH is 1. The maximum atomic E-state index is 12.7. The molecular formula is C23H31N7O4. The number of piperidine rings is 1. The minimum absolute atomic E-state index is 0.0465. The molecule has 3 aromatic rings. The number of methoxy groups -OCH3 is 1. The molecule has 1 unspecified atom stereocenters. The molecule has 0 aliphatic carbocycles. The van der Waals surface area contributed by atoms with Crippen LogP contribution in [-0.2, 0) is 4.74 Å². The van der Waals surface area contributed by atoms with Crippen LogP contribution in [0.1, 0.15) is 48.8 Å². The van der Waals surface area contributed by atoms with Crippen molar-refractivity contribution in [2.24, 2.45) is 0 Å². The lowest BCUT2D eigenvalue weighted by Gasteiger charge is -2.32. The summed E-state index contributed by atoms with van der Waals surface area (Å²) in [5, 5.41) is 13.1. The summed E-state index contributed by atoms with van der Waals surface area (Å²) in [7, 11) is 1.59. The number of fused-ring (bicyclic) bond motifs is 1. The minimum Gasteiger partial charge on any atom is -0.458 e. The number of ether oxygens (including phenoxy) is 2. The fraction of sp³-hybridized carbons (Fsp3) is 0.522. The van der Waals surface area contributed by atoms with Crippen molar-refractivity contribution in [3.05, 3.63) is 35.9 Å². The number of hydrogen-bond acceptors (Lipinski definition) is 9. The molecule has 3 N–H and O–H groups in total. The van der Waals surface area contributed by atoms with Gasteiger partial charge < -0.3 is 29.8 Å². The van der Waals surface area contributed by atoms with Crippen molar-refractivity contribution in [1.29, 1.82) is 0 Å². The summed E-state index contributed by atoms with van der Waals surface area (Å²) >= 11 is 0. The molecule has 0 bridgehead atoms. The summed E-state index contributed by atoms with van der Waals surface area (Å²) in [4.78, 5) is 35.4. The van der Waals surface area contributed by atoms with E-state index in [9.17, 15) is 9.90 Å². The van der Waals surface area contributed by atoms with E-state index in [1.807, 2.05) is 17.9 Å². The third kappa shape index (κ3) is 5.42. The van der Waals surface area contributed by atoms with E-state index < -0.39 is 11.9 Å². The number of nitrogens with zero attached hydrogens (tertiary/aromatic N) is 5. The summed E-state index contributed by atoms with van der Waals surface area (Å²) in [5.74, 6) is 0.252. The number of H-pyrrole nitrogens is 1. The molecule has 4 rings (SSSR count). The van der Waals surface area contributed by atoms with Crippen LogP contribution in [0, 0.1) is 0 Å². The summed E-state index contributed by atoms with van der Waals surface area (Å²) in [6.07, 6.45) is 5.36. The lowest BCUT2D eigenvalue weighted by molar-refractivity contribution is 0.0833. The molecule has 34 heavy (non-hydrogen) atoms. The average Bonchev–Trinajstić information content (AvgIpc) is 3.28. The highest BCUT2D eigenvalue weighted by atomic mass is 16.5. The number of carbonyl (C=O) groups is 1. The van der Waals surface area contributed by atoms with Crippen molar-refractivity contribution in [1.82, 2.24) is 30.2 Å². The molecule has 1 aliphatic rings.